The van der Waals surface area contributed by atoms with Crippen molar-refractivity contribution in [3.8, 4) is 5.75 Å². The zero-order valence-corrected chi connectivity index (χ0v) is 24.0. The Labute approximate surface area is 230 Å². The lowest BCUT2D eigenvalue weighted by molar-refractivity contribution is -0.113. The Morgan fingerprint density at radius 1 is 1.35 bits per heavy atom. The summed E-state index contributed by atoms with van der Waals surface area (Å²) in [4.78, 5) is 26.8. The Kier molecular flexibility index (Phi) is 8.82. The highest BCUT2D eigenvalue weighted by Gasteiger charge is 2.29. The van der Waals surface area contributed by atoms with E-state index in [0.717, 1.165) is 41.0 Å². The number of carbonyl (C=O) groups excluding carboxylic acids is 2. The number of esters is 1. The van der Waals surface area contributed by atoms with E-state index in [-0.39, 0.29) is 30.3 Å². The van der Waals surface area contributed by atoms with Crippen molar-refractivity contribution in [2.75, 3.05) is 17.7 Å². The zero-order chi connectivity index (χ0) is 26.7. The first-order chi connectivity index (χ1) is 17.7. The Balaban J connectivity index is 1.42. The lowest BCUT2D eigenvalue weighted by Crippen LogP contribution is -2.18. The summed E-state index contributed by atoms with van der Waals surface area (Å²) in [6.07, 6.45) is 2.40. The molecule has 11 heteroatoms. The SMILES string of the molecule is CCOC(=O)c1c(NC(=O)CSc2nnc(C(C)Oc3ccc(Cl)cc3C)n2C)sc2c1CCC(C)C2. The van der Waals surface area contributed by atoms with E-state index < -0.39 is 0 Å². The summed E-state index contributed by atoms with van der Waals surface area (Å²) in [7, 11) is 1.84. The van der Waals surface area contributed by atoms with Crippen LogP contribution >= 0.6 is 34.7 Å². The summed E-state index contributed by atoms with van der Waals surface area (Å²) in [5.41, 5.74) is 2.46. The Hall–Kier alpha value is -2.56. The highest BCUT2D eigenvalue weighted by atomic mass is 35.5. The molecule has 0 saturated heterocycles. The van der Waals surface area contributed by atoms with Crippen LogP contribution in [-0.2, 0) is 29.4 Å². The van der Waals surface area contributed by atoms with E-state index in [1.54, 1.807) is 13.0 Å². The van der Waals surface area contributed by atoms with Gasteiger partial charge in [-0.25, -0.2) is 4.79 Å². The molecule has 0 bridgehead atoms. The monoisotopic (exact) mass is 562 g/mol. The van der Waals surface area contributed by atoms with Crippen LogP contribution in [0.4, 0.5) is 5.00 Å². The molecule has 1 aromatic carbocycles. The van der Waals surface area contributed by atoms with Crippen molar-refractivity contribution in [2.45, 2.75) is 58.2 Å². The van der Waals surface area contributed by atoms with E-state index in [4.69, 9.17) is 21.1 Å². The molecular weight excluding hydrogens is 532 g/mol. The van der Waals surface area contributed by atoms with Crippen LogP contribution in [0, 0.1) is 12.8 Å². The normalized spacial score (nSPS) is 15.7. The number of nitrogens with zero attached hydrogens (tertiary/aromatic N) is 3. The fourth-order valence-electron chi connectivity index (χ4n) is 4.34. The number of amides is 1. The van der Waals surface area contributed by atoms with Crippen LogP contribution in [0.1, 0.15) is 65.5 Å². The van der Waals surface area contributed by atoms with Crippen LogP contribution in [0.15, 0.2) is 23.4 Å². The van der Waals surface area contributed by atoms with Crippen LogP contribution in [0.25, 0.3) is 0 Å². The van der Waals surface area contributed by atoms with Crippen LogP contribution in [-0.4, -0.2) is 39.0 Å². The van der Waals surface area contributed by atoms with E-state index >= 15 is 0 Å². The van der Waals surface area contributed by atoms with Crippen molar-refractivity contribution < 1.29 is 19.1 Å². The van der Waals surface area contributed by atoms with E-state index in [1.807, 2.05) is 37.6 Å². The molecule has 1 aliphatic carbocycles. The number of aromatic nitrogens is 3. The van der Waals surface area contributed by atoms with Gasteiger partial charge < -0.3 is 19.4 Å². The van der Waals surface area contributed by atoms with Gasteiger partial charge in [-0.3, -0.25) is 4.79 Å². The lowest BCUT2D eigenvalue weighted by Gasteiger charge is -2.18. The number of ether oxygens (including phenoxy) is 2. The first kappa shape index (κ1) is 27.5. The third-order valence-electron chi connectivity index (χ3n) is 6.25. The lowest BCUT2D eigenvalue weighted by atomic mass is 9.88. The van der Waals surface area contributed by atoms with Gasteiger partial charge in [-0.05, 0) is 75.3 Å². The highest BCUT2D eigenvalue weighted by Crippen LogP contribution is 2.40. The maximum Gasteiger partial charge on any atom is 0.341 e. The van der Waals surface area contributed by atoms with Gasteiger partial charge in [-0.15, -0.1) is 21.5 Å². The van der Waals surface area contributed by atoms with Crippen molar-refractivity contribution in [2.24, 2.45) is 13.0 Å². The van der Waals surface area contributed by atoms with Crippen LogP contribution < -0.4 is 10.1 Å². The first-order valence-electron chi connectivity index (χ1n) is 12.2. The zero-order valence-electron chi connectivity index (χ0n) is 21.6. The number of hydrogen-bond acceptors (Lipinski definition) is 8. The van der Waals surface area contributed by atoms with Crippen molar-refractivity contribution >= 4 is 51.6 Å². The first-order valence-corrected chi connectivity index (χ1v) is 14.4. The van der Waals surface area contributed by atoms with Crippen LogP contribution in [0.2, 0.25) is 5.02 Å². The molecule has 0 radical (unpaired) electrons. The molecule has 0 aliphatic heterocycles. The number of thiophene rings is 1. The second kappa shape index (κ2) is 11.9. The summed E-state index contributed by atoms with van der Waals surface area (Å²) in [5.74, 6) is 1.45. The van der Waals surface area contributed by atoms with Crippen molar-refractivity contribution in [1.29, 1.82) is 0 Å². The van der Waals surface area contributed by atoms with E-state index in [9.17, 15) is 9.59 Å². The predicted molar refractivity (Wildman–Crippen MR) is 147 cm³/mol. The van der Waals surface area contributed by atoms with Gasteiger partial charge in [0.15, 0.2) is 17.1 Å². The molecule has 0 spiro atoms. The number of nitrogens with one attached hydrogen (secondary N) is 1. The summed E-state index contributed by atoms with van der Waals surface area (Å²) >= 11 is 8.80. The molecule has 1 N–H and O–H groups in total. The Morgan fingerprint density at radius 3 is 2.86 bits per heavy atom. The van der Waals surface area contributed by atoms with Gasteiger partial charge >= 0.3 is 5.97 Å². The topological polar surface area (TPSA) is 95.3 Å². The Morgan fingerprint density at radius 2 is 2.14 bits per heavy atom. The number of hydrogen-bond donors (Lipinski definition) is 1. The number of benzene rings is 1. The molecule has 2 aromatic heterocycles. The van der Waals surface area contributed by atoms with Gasteiger partial charge in [0.1, 0.15) is 10.8 Å². The quantitative estimate of drug-likeness (QED) is 0.252. The summed E-state index contributed by atoms with van der Waals surface area (Å²) < 4.78 is 13.2. The average Bonchev–Trinajstić information content (AvgIpc) is 3.38. The number of carbonyl (C=O) groups is 2. The largest absolute Gasteiger partial charge is 0.482 e. The second-order valence-electron chi connectivity index (χ2n) is 9.18. The molecule has 8 nitrogen and oxygen atoms in total. The molecule has 2 unspecified atom stereocenters. The number of rotatable bonds is 9. The minimum Gasteiger partial charge on any atom is -0.482 e. The molecule has 2 heterocycles. The van der Waals surface area contributed by atoms with E-state index in [1.165, 1.54) is 23.1 Å². The summed E-state index contributed by atoms with van der Waals surface area (Å²) in [6, 6.07) is 5.46. The molecule has 198 valence electrons. The third-order valence-corrected chi connectivity index (χ3v) is 8.67. The number of fused-ring (bicyclic) bond motifs is 1. The van der Waals surface area contributed by atoms with Crippen LogP contribution in [0.5, 0.6) is 5.75 Å². The number of anilines is 1. The molecular formula is C26H31ClN4O4S2. The molecule has 1 amide bonds. The highest BCUT2D eigenvalue weighted by molar-refractivity contribution is 7.99. The van der Waals surface area contributed by atoms with Gasteiger partial charge in [0, 0.05) is 16.9 Å². The minimum absolute atomic E-state index is 0.124. The maximum absolute atomic E-state index is 12.9. The van der Waals surface area contributed by atoms with E-state index in [2.05, 4.69) is 22.4 Å². The fourth-order valence-corrected chi connectivity index (χ4v) is 6.70. The van der Waals surface area contributed by atoms with E-state index in [0.29, 0.717) is 32.5 Å². The van der Waals surface area contributed by atoms with Gasteiger partial charge in [-0.2, -0.15) is 0 Å². The average molecular weight is 563 g/mol. The number of aryl methyl sites for hydroxylation is 1. The Bertz CT molecular complexity index is 1310. The summed E-state index contributed by atoms with van der Waals surface area (Å²) in [5, 5.41) is 13.3. The smallest absolute Gasteiger partial charge is 0.341 e. The van der Waals surface area contributed by atoms with Crippen molar-refractivity contribution in [1.82, 2.24) is 14.8 Å². The maximum atomic E-state index is 12.9. The molecule has 0 saturated carbocycles. The predicted octanol–water partition coefficient (Wildman–Crippen LogP) is 6.01. The molecule has 4 rings (SSSR count). The molecule has 37 heavy (non-hydrogen) atoms. The molecule has 3 aromatic rings. The summed E-state index contributed by atoms with van der Waals surface area (Å²) in [6.45, 7) is 8.11. The number of halogens is 1. The molecule has 1 aliphatic rings. The van der Waals surface area contributed by atoms with Crippen molar-refractivity contribution in [3.05, 3.63) is 50.6 Å². The van der Waals surface area contributed by atoms with Crippen LogP contribution in [0.3, 0.4) is 0 Å². The number of thioether (sulfide) groups is 1. The van der Waals surface area contributed by atoms with Crippen molar-refractivity contribution in [3.63, 3.8) is 0 Å². The third kappa shape index (κ3) is 6.30. The molecule has 0 fully saturated rings. The second-order valence-corrected chi connectivity index (χ2v) is 11.7. The fraction of sp³-hybridized carbons (Fsp3) is 0.462. The molecule has 2 atom stereocenters. The van der Waals surface area contributed by atoms with Gasteiger partial charge in [0.05, 0.1) is 17.9 Å². The minimum atomic E-state index is -0.375. The van der Waals surface area contributed by atoms with Gasteiger partial charge in [0.25, 0.3) is 0 Å². The standard InChI is InChI=1S/C26H31ClN4O4S2/c1-6-34-25(33)22-18-9-7-14(2)11-20(18)37-24(22)28-21(32)13-36-26-30-29-23(31(26)5)16(4)35-19-10-8-17(27)12-15(19)3/h8,10,12,14,16H,6-7,9,11,13H2,1-5H3,(H,28,32). The van der Waals surface area contributed by atoms with Gasteiger partial charge in [0.2, 0.25) is 5.91 Å². The van der Waals surface area contributed by atoms with Gasteiger partial charge in [-0.1, -0.05) is 30.3 Å².